The lowest BCUT2D eigenvalue weighted by Crippen LogP contribution is -2.42. The Morgan fingerprint density at radius 2 is 2.00 bits per heavy atom. The van der Waals surface area contributed by atoms with Gasteiger partial charge >= 0.3 is 0 Å². The van der Waals surface area contributed by atoms with Crippen LogP contribution in [0, 0.1) is 11.3 Å². The first-order valence-electron chi connectivity index (χ1n) is 5.39. The van der Waals surface area contributed by atoms with Gasteiger partial charge < -0.3 is 14.8 Å². The van der Waals surface area contributed by atoms with Crippen LogP contribution < -0.4 is 14.8 Å². The Kier molecular flexibility index (Phi) is 4.16. The van der Waals surface area contributed by atoms with Gasteiger partial charge in [-0.25, -0.2) is 0 Å². The number of amides is 1. The molecule has 0 unspecified atom stereocenters. The highest BCUT2D eigenvalue weighted by Gasteiger charge is 2.22. The fourth-order valence-electron chi connectivity index (χ4n) is 1.37. The molecule has 1 N–H and O–H groups in total. The minimum absolute atomic E-state index is 0.360. The van der Waals surface area contributed by atoms with E-state index >= 15 is 0 Å². The van der Waals surface area contributed by atoms with Gasteiger partial charge in [-0.1, -0.05) is 0 Å². The van der Waals surface area contributed by atoms with Gasteiger partial charge in [-0.05, 0) is 26.0 Å². The minimum Gasteiger partial charge on any atom is -0.497 e. The fraction of sp³-hybridized carbons (Fsp3) is 0.385. The molecule has 1 aromatic rings. The van der Waals surface area contributed by atoms with Crippen molar-refractivity contribution in [2.75, 3.05) is 14.2 Å². The number of nitriles is 1. The first-order chi connectivity index (χ1) is 8.43. The van der Waals surface area contributed by atoms with Crippen LogP contribution in [0.2, 0.25) is 0 Å². The Bertz CT molecular complexity index is 489. The van der Waals surface area contributed by atoms with Crippen LogP contribution in [0.4, 0.5) is 0 Å². The highest BCUT2D eigenvalue weighted by atomic mass is 16.5. The number of hydrogen-bond acceptors (Lipinski definition) is 4. The van der Waals surface area contributed by atoms with Gasteiger partial charge in [-0.2, -0.15) is 5.26 Å². The summed E-state index contributed by atoms with van der Waals surface area (Å²) in [4.78, 5) is 12.0. The average molecular weight is 248 g/mol. The molecule has 0 heterocycles. The van der Waals surface area contributed by atoms with Crippen LogP contribution >= 0.6 is 0 Å². The molecule has 18 heavy (non-hydrogen) atoms. The number of carbonyl (C=O) groups is 1. The second-order valence-corrected chi connectivity index (χ2v) is 4.26. The van der Waals surface area contributed by atoms with Gasteiger partial charge in [0.2, 0.25) is 0 Å². The molecule has 1 aromatic carbocycles. The molecule has 5 heteroatoms. The van der Waals surface area contributed by atoms with Crippen LogP contribution in [-0.4, -0.2) is 25.7 Å². The van der Waals surface area contributed by atoms with Crippen LogP contribution in [0.3, 0.4) is 0 Å². The topological polar surface area (TPSA) is 71.3 Å². The number of rotatable bonds is 4. The van der Waals surface area contributed by atoms with E-state index in [9.17, 15) is 4.79 Å². The molecule has 96 valence electrons. The number of ether oxygens (including phenoxy) is 2. The van der Waals surface area contributed by atoms with Crippen LogP contribution in [0.5, 0.6) is 11.5 Å². The molecule has 1 rings (SSSR count). The van der Waals surface area contributed by atoms with E-state index in [0.29, 0.717) is 17.1 Å². The predicted molar refractivity (Wildman–Crippen MR) is 66.7 cm³/mol. The number of methoxy groups -OCH3 is 2. The summed E-state index contributed by atoms with van der Waals surface area (Å²) in [6, 6.07) is 6.89. The van der Waals surface area contributed by atoms with Crippen molar-refractivity contribution in [1.82, 2.24) is 5.32 Å². The third-order valence-corrected chi connectivity index (χ3v) is 2.36. The predicted octanol–water partition coefficient (Wildman–Crippen LogP) is 1.74. The second kappa shape index (κ2) is 5.41. The van der Waals surface area contributed by atoms with Gasteiger partial charge in [-0.3, -0.25) is 4.79 Å². The SMILES string of the molecule is COc1ccc(C(=O)NC(C)(C)C#N)c(OC)c1. The number of hydrogen-bond donors (Lipinski definition) is 1. The fourth-order valence-corrected chi connectivity index (χ4v) is 1.37. The van der Waals surface area contributed by atoms with Crippen LogP contribution in [0.25, 0.3) is 0 Å². The second-order valence-electron chi connectivity index (χ2n) is 4.26. The van der Waals surface area contributed by atoms with Crippen LogP contribution in [0.15, 0.2) is 18.2 Å². The normalized spacial score (nSPS) is 10.4. The van der Waals surface area contributed by atoms with Gasteiger partial charge in [0.1, 0.15) is 17.0 Å². The van der Waals surface area contributed by atoms with Gasteiger partial charge in [0.15, 0.2) is 0 Å². The van der Waals surface area contributed by atoms with E-state index in [-0.39, 0.29) is 5.91 Å². The summed E-state index contributed by atoms with van der Waals surface area (Å²) in [5.41, 5.74) is -0.566. The zero-order valence-corrected chi connectivity index (χ0v) is 10.9. The summed E-state index contributed by atoms with van der Waals surface area (Å²) in [6.07, 6.45) is 0. The minimum atomic E-state index is -0.929. The Labute approximate surface area is 106 Å². The lowest BCUT2D eigenvalue weighted by Gasteiger charge is -2.18. The van der Waals surface area contributed by atoms with Crippen molar-refractivity contribution in [2.45, 2.75) is 19.4 Å². The third kappa shape index (κ3) is 3.14. The summed E-state index contributed by atoms with van der Waals surface area (Å²) in [7, 11) is 3.01. The van der Waals surface area contributed by atoms with E-state index in [0.717, 1.165) is 0 Å². The molecule has 1 amide bonds. The summed E-state index contributed by atoms with van der Waals surface area (Å²) < 4.78 is 10.2. The zero-order valence-electron chi connectivity index (χ0n) is 10.9. The van der Waals surface area contributed by atoms with E-state index in [1.54, 1.807) is 32.0 Å². The molecule has 0 saturated heterocycles. The molecular weight excluding hydrogens is 232 g/mol. The summed E-state index contributed by atoms with van der Waals surface area (Å²) in [6.45, 7) is 3.25. The summed E-state index contributed by atoms with van der Waals surface area (Å²) >= 11 is 0. The average Bonchev–Trinajstić information content (AvgIpc) is 2.37. The Hall–Kier alpha value is -2.22. The quantitative estimate of drug-likeness (QED) is 0.880. The van der Waals surface area contributed by atoms with Crippen LogP contribution in [-0.2, 0) is 0 Å². The van der Waals surface area contributed by atoms with Gasteiger partial charge in [0.25, 0.3) is 5.91 Å². The molecule has 0 saturated carbocycles. The number of nitrogens with zero attached hydrogens (tertiary/aromatic N) is 1. The highest BCUT2D eigenvalue weighted by Crippen LogP contribution is 2.24. The molecule has 0 spiro atoms. The largest absolute Gasteiger partial charge is 0.497 e. The zero-order chi connectivity index (χ0) is 13.8. The molecule has 0 radical (unpaired) electrons. The van der Waals surface area contributed by atoms with Crippen molar-refractivity contribution >= 4 is 5.91 Å². The van der Waals surface area contributed by atoms with E-state index in [1.165, 1.54) is 14.2 Å². The van der Waals surface area contributed by atoms with E-state index < -0.39 is 5.54 Å². The van der Waals surface area contributed by atoms with Crippen molar-refractivity contribution in [1.29, 1.82) is 5.26 Å². The van der Waals surface area contributed by atoms with Crippen LogP contribution in [0.1, 0.15) is 24.2 Å². The van der Waals surface area contributed by atoms with Gasteiger partial charge in [0, 0.05) is 6.07 Å². The van der Waals surface area contributed by atoms with Crippen molar-refractivity contribution in [3.8, 4) is 17.6 Å². The van der Waals surface area contributed by atoms with E-state index in [1.807, 2.05) is 6.07 Å². The molecule has 0 bridgehead atoms. The number of carbonyl (C=O) groups excluding carboxylic acids is 1. The van der Waals surface area contributed by atoms with Gasteiger partial charge in [-0.15, -0.1) is 0 Å². The van der Waals surface area contributed by atoms with Crippen molar-refractivity contribution in [3.63, 3.8) is 0 Å². The molecule has 0 aromatic heterocycles. The Morgan fingerprint density at radius 1 is 1.33 bits per heavy atom. The molecule has 5 nitrogen and oxygen atoms in total. The smallest absolute Gasteiger partial charge is 0.256 e. The van der Waals surface area contributed by atoms with Crippen molar-refractivity contribution in [3.05, 3.63) is 23.8 Å². The third-order valence-electron chi connectivity index (χ3n) is 2.36. The maximum Gasteiger partial charge on any atom is 0.256 e. The Balaban J connectivity index is 3.03. The number of nitrogens with one attached hydrogen (secondary N) is 1. The monoisotopic (exact) mass is 248 g/mol. The summed E-state index contributed by atoms with van der Waals surface area (Å²) in [5.74, 6) is 0.643. The first-order valence-corrected chi connectivity index (χ1v) is 5.39. The first kappa shape index (κ1) is 13.8. The Morgan fingerprint density at radius 3 is 2.50 bits per heavy atom. The van der Waals surface area contributed by atoms with Crippen molar-refractivity contribution < 1.29 is 14.3 Å². The molecule has 0 aliphatic carbocycles. The number of benzene rings is 1. The molecule has 0 fully saturated rings. The lowest BCUT2D eigenvalue weighted by atomic mass is 10.1. The maximum atomic E-state index is 12.0. The molecule has 0 aliphatic heterocycles. The van der Waals surface area contributed by atoms with Gasteiger partial charge in [0.05, 0.1) is 25.9 Å². The standard InChI is InChI=1S/C13H16N2O3/c1-13(2,8-14)15-12(16)10-6-5-9(17-3)7-11(10)18-4/h5-7H,1-4H3,(H,15,16). The highest BCUT2D eigenvalue weighted by molar-refractivity contribution is 5.97. The van der Waals surface area contributed by atoms with Crippen molar-refractivity contribution in [2.24, 2.45) is 0 Å². The molecule has 0 aliphatic rings. The molecular formula is C13H16N2O3. The lowest BCUT2D eigenvalue weighted by molar-refractivity contribution is 0.0926. The van der Waals surface area contributed by atoms with E-state index in [4.69, 9.17) is 14.7 Å². The van der Waals surface area contributed by atoms with E-state index in [2.05, 4.69) is 5.32 Å². The maximum absolute atomic E-state index is 12.0. The summed E-state index contributed by atoms with van der Waals surface area (Å²) in [5, 5.41) is 11.5. The molecule has 0 atom stereocenters.